The molecule has 0 radical (unpaired) electrons. The lowest BCUT2D eigenvalue weighted by Crippen LogP contribution is -2.03. The van der Waals surface area contributed by atoms with E-state index in [-0.39, 0.29) is 9.80 Å². The van der Waals surface area contributed by atoms with Crippen molar-refractivity contribution in [3.05, 3.63) is 64.6 Å². The third kappa shape index (κ3) is 3.59. The van der Waals surface area contributed by atoms with Crippen LogP contribution in [0.1, 0.15) is 11.1 Å². The number of thioether (sulfide) groups is 1. The molecule has 0 saturated carbocycles. The molecule has 0 aromatic heterocycles. The molecule has 3 nitrogen and oxygen atoms in total. The SMILES string of the molecule is CSc1ccc(C=C(C#N)S(=O)(=O)c2ccc(C)cc2)cc1. The Kier molecular flexibility index (Phi) is 5.07. The van der Waals surface area contributed by atoms with Crippen molar-refractivity contribution in [3.63, 3.8) is 0 Å². The zero-order chi connectivity index (χ0) is 16.2. The lowest BCUT2D eigenvalue weighted by molar-refractivity contribution is 0.603. The first kappa shape index (κ1) is 16.3. The van der Waals surface area contributed by atoms with Crippen molar-refractivity contribution < 1.29 is 8.42 Å². The van der Waals surface area contributed by atoms with Crippen LogP contribution in [-0.2, 0) is 9.84 Å². The van der Waals surface area contributed by atoms with Gasteiger partial charge in [0.1, 0.15) is 11.0 Å². The first-order chi connectivity index (χ1) is 10.5. The largest absolute Gasteiger partial charge is 0.218 e. The molecule has 0 fully saturated rings. The Hall–Kier alpha value is -2.03. The predicted molar refractivity (Wildman–Crippen MR) is 90.2 cm³/mol. The Morgan fingerprint density at radius 2 is 1.68 bits per heavy atom. The summed E-state index contributed by atoms with van der Waals surface area (Å²) in [5.41, 5.74) is 1.65. The van der Waals surface area contributed by atoms with E-state index in [0.717, 1.165) is 10.5 Å². The van der Waals surface area contributed by atoms with Crippen molar-refractivity contribution in [3.8, 4) is 6.07 Å². The molecule has 2 aromatic carbocycles. The molecule has 0 amide bonds. The molecule has 2 aromatic rings. The van der Waals surface area contributed by atoms with Gasteiger partial charge >= 0.3 is 0 Å². The lowest BCUT2D eigenvalue weighted by atomic mass is 10.2. The minimum absolute atomic E-state index is 0.131. The highest BCUT2D eigenvalue weighted by Crippen LogP contribution is 2.22. The third-order valence-corrected chi connectivity index (χ3v) is 5.57. The second-order valence-electron chi connectivity index (χ2n) is 4.71. The van der Waals surface area contributed by atoms with Gasteiger partial charge in [0.25, 0.3) is 0 Å². The molecule has 0 spiro atoms. The molecule has 0 atom stereocenters. The van der Waals surface area contributed by atoms with Gasteiger partial charge in [-0.1, -0.05) is 29.8 Å². The fourth-order valence-corrected chi connectivity index (χ4v) is 3.43. The molecule has 112 valence electrons. The molecule has 0 unspecified atom stereocenters. The highest BCUT2D eigenvalue weighted by atomic mass is 32.2. The summed E-state index contributed by atoms with van der Waals surface area (Å²) in [6.07, 6.45) is 3.37. The van der Waals surface area contributed by atoms with Gasteiger partial charge in [0.05, 0.1) is 4.90 Å². The van der Waals surface area contributed by atoms with E-state index in [0.29, 0.717) is 5.56 Å². The van der Waals surface area contributed by atoms with Crippen LogP contribution in [0.2, 0.25) is 0 Å². The Morgan fingerprint density at radius 3 is 2.18 bits per heavy atom. The standard InChI is InChI=1S/C17H15NO2S2/c1-13-3-9-16(10-4-13)22(19,20)17(12-18)11-14-5-7-15(21-2)8-6-14/h3-11H,1-2H3. The van der Waals surface area contributed by atoms with Crippen molar-refractivity contribution in [1.29, 1.82) is 5.26 Å². The molecule has 22 heavy (non-hydrogen) atoms. The van der Waals surface area contributed by atoms with Gasteiger partial charge < -0.3 is 0 Å². The van der Waals surface area contributed by atoms with E-state index in [1.807, 2.05) is 25.3 Å². The van der Waals surface area contributed by atoms with Crippen LogP contribution in [0.3, 0.4) is 0 Å². The second-order valence-corrected chi connectivity index (χ2v) is 7.51. The van der Waals surface area contributed by atoms with E-state index >= 15 is 0 Å². The summed E-state index contributed by atoms with van der Waals surface area (Å²) in [6, 6.07) is 15.7. The second kappa shape index (κ2) is 6.82. The van der Waals surface area contributed by atoms with E-state index in [2.05, 4.69) is 0 Å². The molecular weight excluding hydrogens is 314 g/mol. The maximum Gasteiger partial charge on any atom is 0.216 e. The topological polar surface area (TPSA) is 57.9 Å². The minimum Gasteiger partial charge on any atom is -0.218 e. The number of sulfone groups is 1. The van der Waals surface area contributed by atoms with Gasteiger partial charge in [-0.25, -0.2) is 8.42 Å². The number of hydrogen-bond donors (Lipinski definition) is 0. The molecule has 0 N–H and O–H groups in total. The van der Waals surface area contributed by atoms with E-state index < -0.39 is 9.84 Å². The lowest BCUT2D eigenvalue weighted by Gasteiger charge is -2.04. The third-order valence-electron chi connectivity index (χ3n) is 3.14. The van der Waals surface area contributed by atoms with E-state index in [4.69, 9.17) is 0 Å². The number of allylic oxidation sites excluding steroid dienone is 1. The summed E-state index contributed by atoms with van der Waals surface area (Å²) in [7, 11) is -3.79. The minimum atomic E-state index is -3.79. The van der Waals surface area contributed by atoms with Crippen LogP contribution in [0, 0.1) is 18.3 Å². The van der Waals surface area contributed by atoms with E-state index in [1.54, 1.807) is 42.1 Å². The Morgan fingerprint density at radius 1 is 1.09 bits per heavy atom. The fourth-order valence-electron chi connectivity index (χ4n) is 1.87. The first-order valence-corrected chi connectivity index (χ1v) is 9.26. The number of nitriles is 1. The highest BCUT2D eigenvalue weighted by Gasteiger charge is 2.20. The molecular formula is C17H15NO2S2. The average Bonchev–Trinajstić information content (AvgIpc) is 2.53. The van der Waals surface area contributed by atoms with Crippen molar-refractivity contribution >= 4 is 27.7 Å². The number of rotatable bonds is 4. The fraction of sp³-hybridized carbons (Fsp3) is 0.118. The summed E-state index contributed by atoms with van der Waals surface area (Å²) < 4.78 is 25.0. The number of hydrogen-bond acceptors (Lipinski definition) is 4. The van der Waals surface area contributed by atoms with Crippen LogP contribution >= 0.6 is 11.8 Å². The predicted octanol–water partition coefficient (Wildman–Crippen LogP) is 4.06. The number of nitrogens with zero attached hydrogens (tertiary/aromatic N) is 1. The van der Waals surface area contributed by atoms with Crippen LogP contribution in [0.4, 0.5) is 0 Å². The van der Waals surface area contributed by atoms with Gasteiger partial charge in [0.15, 0.2) is 0 Å². The summed E-state index contributed by atoms with van der Waals surface area (Å²) in [5.74, 6) is 0. The van der Waals surface area contributed by atoms with Gasteiger partial charge in [-0.05, 0) is 49.1 Å². The summed E-state index contributed by atoms with van der Waals surface area (Å²) in [5, 5.41) is 9.24. The zero-order valence-corrected chi connectivity index (χ0v) is 13.9. The molecule has 0 bridgehead atoms. The zero-order valence-electron chi connectivity index (χ0n) is 12.3. The maximum absolute atomic E-state index is 12.5. The highest BCUT2D eigenvalue weighted by molar-refractivity contribution is 7.98. The van der Waals surface area contributed by atoms with Crippen molar-refractivity contribution in [2.24, 2.45) is 0 Å². The van der Waals surface area contributed by atoms with E-state index in [9.17, 15) is 13.7 Å². The number of aryl methyl sites for hydroxylation is 1. The van der Waals surface area contributed by atoms with Crippen LogP contribution in [0.5, 0.6) is 0 Å². The molecule has 5 heteroatoms. The van der Waals surface area contributed by atoms with Gasteiger partial charge in [0.2, 0.25) is 9.84 Å². The Balaban J connectivity index is 2.43. The molecule has 0 aliphatic heterocycles. The van der Waals surface area contributed by atoms with E-state index in [1.165, 1.54) is 18.2 Å². The van der Waals surface area contributed by atoms with Crippen LogP contribution in [0.15, 0.2) is 63.2 Å². The number of benzene rings is 2. The summed E-state index contributed by atoms with van der Waals surface area (Å²) in [4.78, 5) is 0.955. The van der Waals surface area contributed by atoms with Gasteiger partial charge in [-0.15, -0.1) is 11.8 Å². The smallest absolute Gasteiger partial charge is 0.216 e. The van der Waals surface area contributed by atoms with Crippen LogP contribution < -0.4 is 0 Å². The van der Waals surface area contributed by atoms with Crippen LogP contribution in [-0.4, -0.2) is 14.7 Å². The summed E-state index contributed by atoms with van der Waals surface area (Å²) in [6.45, 7) is 1.88. The Labute approximate surface area is 135 Å². The van der Waals surface area contributed by atoms with Gasteiger partial charge in [-0.3, -0.25) is 0 Å². The van der Waals surface area contributed by atoms with Crippen molar-refractivity contribution in [2.45, 2.75) is 16.7 Å². The molecule has 0 saturated heterocycles. The maximum atomic E-state index is 12.5. The quantitative estimate of drug-likeness (QED) is 0.627. The average molecular weight is 329 g/mol. The monoisotopic (exact) mass is 329 g/mol. The first-order valence-electron chi connectivity index (χ1n) is 6.55. The van der Waals surface area contributed by atoms with Gasteiger partial charge in [0, 0.05) is 4.90 Å². The molecule has 0 aliphatic carbocycles. The van der Waals surface area contributed by atoms with Crippen molar-refractivity contribution in [1.82, 2.24) is 0 Å². The Bertz CT molecular complexity index is 828. The molecule has 2 rings (SSSR count). The van der Waals surface area contributed by atoms with Crippen LogP contribution in [0.25, 0.3) is 6.08 Å². The van der Waals surface area contributed by atoms with Crippen molar-refractivity contribution in [2.75, 3.05) is 6.26 Å². The normalized spacial score (nSPS) is 12.0. The molecule has 0 heterocycles. The molecule has 0 aliphatic rings. The van der Waals surface area contributed by atoms with Gasteiger partial charge in [-0.2, -0.15) is 5.26 Å². The summed E-state index contributed by atoms with van der Waals surface area (Å²) >= 11 is 1.60.